The molecular weight excluding hydrogens is 1640 g/mol. The van der Waals surface area contributed by atoms with Crippen LogP contribution in [0.4, 0.5) is 0 Å². The van der Waals surface area contributed by atoms with Crippen LogP contribution in [-0.2, 0) is 109 Å². The molecular formula is C67H111N5O48. The SMILES string of the molecule is CC(=O)N[C@H]1[C@H](O[C@H]2[C@H](O)[C@@H](NC(C)=O)C(O)O[C@@H]2CO[C@@H]2O[C@@H](C)[C@@H](O)[C@@H](O)[C@@H]2O)O[C@H](CO)[C@@H](O[C@@H]2O[C@H](CO[C@H]3O[C@H](CO)[C@@H](O)[C@H](O)[C@@H]3O)[C@@H](O)[C@H](O[C@H]3O[C@H](CO)[C@@H](O)[C@H](O)[C@@H]3O[C@@H]3O[C@H](CO)[C@@H](O[C@@H]4O[C@H](CO[C@]5(C(=O)O)C[C@H](O)[C@@H](NC(C)=O)[C@H]([C@H](O)[C@H](O)CO)O5)[C@H](O)[C@H](O)[C@H]4NC(C)=O)[C@H](O)[C@H]3NC(C)=O)[C@@H]2O)[C@@H]1O. The number of carbonyl (C=O) groups is 6. The lowest BCUT2D eigenvalue weighted by Gasteiger charge is -2.51. The minimum Gasteiger partial charge on any atom is -0.477 e. The molecule has 0 bridgehead atoms. The Hall–Kier alpha value is -4.82. The molecule has 0 radical (unpaired) electrons. The van der Waals surface area contributed by atoms with Gasteiger partial charge in [-0.25, -0.2) is 4.79 Å². The molecule has 1 unspecified atom stereocenters. The Bertz CT molecular complexity index is 3320. The molecule has 53 heteroatoms. The Balaban J connectivity index is 1.000. The predicted octanol–water partition coefficient (Wildman–Crippen LogP) is -19.7. The molecule has 0 aromatic carbocycles. The van der Waals surface area contributed by atoms with Crippen molar-refractivity contribution in [1.29, 1.82) is 0 Å². The Labute approximate surface area is 679 Å². The number of ether oxygens (including phenoxy) is 17. The summed E-state index contributed by atoms with van der Waals surface area (Å²) in [5, 5.41) is 290. The summed E-state index contributed by atoms with van der Waals surface area (Å²) >= 11 is 0. The topological polar surface area (TPSA) is 825 Å². The summed E-state index contributed by atoms with van der Waals surface area (Å²) in [4.78, 5) is 76.7. The van der Waals surface area contributed by atoms with Gasteiger partial charge in [-0.1, -0.05) is 0 Å². The molecule has 0 aromatic rings. The highest BCUT2D eigenvalue weighted by Crippen LogP contribution is 2.41. The lowest BCUT2D eigenvalue weighted by molar-refractivity contribution is -0.397. The number of hydrogen-bond donors (Lipinski definition) is 30. The molecule has 9 fully saturated rings. The number of rotatable bonds is 32. The fourth-order valence-electron chi connectivity index (χ4n) is 15.3. The number of nitrogens with one attached hydrogen (secondary N) is 5. The van der Waals surface area contributed by atoms with E-state index >= 15 is 0 Å². The van der Waals surface area contributed by atoms with E-state index in [1.54, 1.807) is 0 Å². The number of carboxylic acid groups (broad SMARTS) is 1. The van der Waals surface area contributed by atoms with E-state index in [-0.39, 0.29) is 0 Å². The van der Waals surface area contributed by atoms with Crippen molar-refractivity contribution in [2.75, 3.05) is 52.9 Å². The number of aliphatic hydroxyl groups excluding tert-OH is 24. The highest BCUT2D eigenvalue weighted by molar-refractivity contribution is 5.77. The van der Waals surface area contributed by atoms with Crippen LogP contribution in [0, 0.1) is 0 Å². The zero-order valence-electron chi connectivity index (χ0n) is 64.9. The van der Waals surface area contributed by atoms with Gasteiger partial charge in [0.2, 0.25) is 29.5 Å². The van der Waals surface area contributed by atoms with Crippen LogP contribution in [-0.4, -0.2) is 498 Å². The van der Waals surface area contributed by atoms with Crippen molar-refractivity contribution < 1.29 is 237 Å². The summed E-state index contributed by atoms with van der Waals surface area (Å²) in [6, 6.07) is -9.38. The first-order chi connectivity index (χ1) is 56.5. The van der Waals surface area contributed by atoms with Gasteiger partial charge in [0.25, 0.3) is 5.79 Å². The first-order valence-corrected chi connectivity index (χ1v) is 38.1. The maximum atomic E-state index is 13.2. The average Bonchev–Trinajstić information content (AvgIpc) is 0.765. The minimum atomic E-state index is -3.09. The van der Waals surface area contributed by atoms with Crippen molar-refractivity contribution in [2.24, 2.45) is 0 Å². The van der Waals surface area contributed by atoms with Gasteiger partial charge in [-0.2, -0.15) is 0 Å². The Kier molecular flexibility index (Phi) is 35.2. The predicted molar refractivity (Wildman–Crippen MR) is 371 cm³/mol. The van der Waals surface area contributed by atoms with Crippen LogP contribution in [0.25, 0.3) is 0 Å². The third-order valence-electron chi connectivity index (χ3n) is 21.7. The number of aliphatic carboxylic acids is 1. The summed E-state index contributed by atoms with van der Waals surface area (Å²) in [6.07, 6.45) is -84.5. The molecule has 9 rings (SSSR count). The highest BCUT2D eigenvalue weighted by Gasteiger charge is 2.62. The van der Waals surface area contributed by atoms with Gasteiger partial charge < -0.3 is 235 Å². The Morgan fingerprint density at radius 1 is 0.358 bits per heavy atom. The van der Waals surface area contributed by atoms with Crippen molar-refractivity contribution in [3.8, 4) is 0 Å². The lowest BCUT2D eigenvalue weighted by Crippen LogP contribution is -2.71. The smallest absolute Gasteiger partial charge is 0.364 e. The zero-order chi connectivity index (χ0) is 88.9. The maximum Gasteiger partial charge on any atom is 0.364 e. The van der Waals surface area contributed by atoms with Gasteiger partial charge in [0.1, 0.15) is 207 Å². The molecule has 53 nitrogen and oxygen atoms in total. The number of aliphatic hydroxyl groups is 24. The summed E-state index contributed by atoms with van der Waals surface area (Å²) in [7, 11) is 0. The van der Waals surface area contributed by atoms with Gasteiger partial charge in [-0.05, 0) is 6.92 Å². The largest absolute Gasteiger partial charge is 0.477 e. The Morgan fingerprint density at radius 3 is 1.23 bits per heavy atom. The van der Waals surface area contributed by atoms with Crippen molar-refractivity contribution in [3.05, 3.63) is 0 Å². The molecule has 0 aliphatic carbocycles. The molecule has 692 valence electrons. The van der Waals surface area contributed by atoms with Crippen LogP contribution < -0.4 is 26.6 Å². The molecule has 0 spiro atoms. The van der Waals surface area contributed by atoms with Crippen molar-refractivity contribution in [2.45, 2.75) is 330 Å². The molecule has 120 heavy (non-hydrogen) atoms. The van der Waals surface area contributed by atoms with Gasteiger partial charge in [-0.3, -0.25) is 24.0 Å². The van der Waals surface area contributed by atoms with Gasteiger partial charge in [0, 0.05) is 41.0 Å². The molecule has 46 atom stereocenters. The number of hydrogen-bond acceptors (Lipinski definition) is 47. The second kappa shape index (κ2) is 42.7. The second-order valence-corrected chi connectivity index (χ2v) is 30.4. The van der Waals surface area contributed by atoms with Crippen LogP contribution in [0.1, 0.15) is 48.0 Å². The molecule has 30 N–H and O–H groups in total. The van der Waals surface area contributed by atoms with E-state index < -0.39 is 376 Å². The summed E-state index contributed by atoms with van der Waals surface area (Å²) in [6.45, 7) is -2.92. The average molecular weight is 1750 g/mol. The maximum absolute atomic E-state index is 13.2. The first-order valence-electron chi connectivity index (χ1n) is 38.1. The molecule has 9 aliphatic heterocycles. The molecule has 0 aromatic heterocycles. The van der Waals surface area contributed by atoms with Crippen LogP contribution in [0.2, 0.25) is 0 Å². The fourth-order valence-corrected chi connectivity index (χ4v) is 15.3. The van der Waals surface area contributed by atoms with Crippen molar-refractivity contribution >= 4 is 35.5 Å². The van der Waals surface area contributed by atoms with E-state index in [9.17, 15) is 156 Å². The number of amides is 5. The zero-order valence-corrected chi connectivity index (χ0v) is 64.9. The minimum absolute atomic E-state index is 0.829. The van der Waals surface area contributed by atoms with Gasteiger partial charge >= 0.3 is 5.97 Å². The Morgan fingerprint density at radius 2 is 0.733 bits per heavy atom. The third-order valence-corrected chi connectivity index (χ3v) is 21.7. The van der Waals surface area contributed by atoms with E-state index in [4.69, 9.17) is 80.5 Å². The third kappa shape index (κ3) is 22.2. The van der Waals surface area contributed by atoms with Crippen LogP contribution in [0.3, 0.4) is 0 Å². The van der Waals surface area contributed by atoms with Crippen LogP contribution in [0.5, 0.6) is 0 Å². The second-order valence-electron chi connectivity index (χ2n) is 30.4. The van der Waals surface area contributed by atoms with Gasteiger partial charge in [0.05, 0.1) is 71.1 Å². The van der Waals surface area contributed by atoms with Crippen molar-refractivity contribution in [3.63, 3.8) is 0 Å². The van der Waals surface area contributed by atoms with Gasteiger partial charge in [0.15, 0.2) is 50.3 Å². The summed E-state index contributed by atoms with van der Waals surface area (Å²) in [5.41, 5.74) is 0. The molecule has 5 amide bonds. The highest BCUT2D eigenvalue weighted by atomic mass is 16.8. The molecule has 0 saturated carbocycles. The van der Waals surface area contributed by atoms with Crippen LogP contribution in [0.15, 0.2) is 0 Å². The van der Waals surface area contributed by atoms with Gasteiger partial charge in [-0.15, -0.1) is 0 Å². The standard InChI is InChI=1S/C67H111N5O48/c1-16-36(85)46(95)49(98)62(107-16)105-14-30-54(43(92)32(58(101)108-30)69-18(3)79)116-60-34(71-20(5)81)45(94)53(27(12-77)111-60)117-64-51(100)56(41(90)28(114-64)13-104-63-50(99)47(96)38(87)24(9-74)109-63)118-65-57(48(97)39(88)25(10-75)110-65)119-61-35(72-21(6)82)44(93)52(26(11-76)112-61)115-59-33(70-19(4)80)42(91)40(89)29(113-59)15-106-67(66(102)103)7-22(83)31(68-17(2)78)55(120-67)37(86)23(84)8-73/h16,22-65,73-77,83-101H,7-15H2,1-6H3,(H,68,78)(H,69,79)(H,70,80)(H,71,81)(H,72,82)(H,102,103)/t16-,22-,23+,24+,25+,26+,27+,28+,29+,30+,31+,32+,33+,34+,35+,36+,37+,38+,39+,40-,41+,42+,43+,44+,45+,46+,47-,48-,49-,50-,51-,52+,53+,54+,55+,56-,57-,58?,59-,60-,61-,62+,63-,64-,65+,67+/m0/s1. The number of carbonyl (C=O) groups excluding carboxylic acids is 5. The summed E-state index contributed by atoms with van der Waals surface area (Å²) in [5.74, 6) is -9.74. The van der Waals surface area contributed by atoms with Crippen LogP contribution >= 0.6 is 0 Å². The van der Waals surface area contributed by atoms with E-state index in [1.165, 1.54) is 6.92 Å². The first kappa shape index (κ1) is 99.0. The van der Waals surface area contributed by atoms with Crippen molar-refractivity contribution in [1.82, 2.24) is 26.6 Å². The van der Waals surface area contributed by atoms with E-state index in [2.05, 4.69) is 26.6 Å². The number of carboxylic acids is 1. The van der Waals surface area contributed by atoms with E-state index in [0.717, 1.165) is 34.6 Å². The quantitative estimate of drug-likeness (QED) is 0.0297. The molecule has 9 heterocycles. The lowest BCUT2D eigenvalue weighted by atomic mass is 9.88. The fraction of sp³-hybridized carbons (Fsp3) is 0.910. The molecule has 9 saturated heterocycles. The van der Waals surface area contributed by atoms with E-state index in [0.29, 0.717) is 0 Å². The normalized spacial score (nSPS) is 46.9. The summed E-state index contributed by atoms with van der Waals surface area (Å²) < 4.78 is 101. The molecule has 9 aliphatic rings. The monoisotopic (exact) mass is 1750 g/mol. The van der Waals surface area contributed by atoms with E-state index in [1.807, 2.05) is 0 Å².